The predicted octanol–water partition coefficient (Wildman–Crippen LogP) is 3.07. The van der Waals surface area contributed by atoms with Crippen LogP contribution in [0.1, 0.15) is 45.6 Å². The van der Waals surface area contributed by atoms with Crippen LogP contribution in [0.2, 0.25) is 0 Å². The van der Waals surface area contributed by atoms with Crippen LogP contribution in [0.25, 0.3) is 0 Å². The molecule has 2 rings (SSSR count). The zero-order valence-corrected chi connectivity index (χ0v) is 11.7. The van der Waals surface area contributed by atoms with Gasteiger partial charge in [-0.25, -0.2) is 9.97 Å². The monoisotopic (exact) mass is 248 g/mol. The van der Waals surface area contributed by atoms with Gasteiger partial charge in [-0.15, -0.1) is 0 Å². The summed E-state index contributed by atoms with van der Waals surface area (Å²) in [5.41, 5.74) is 1.21. The minimum atomic E-state index is 0.625. The Morgan fingerprint density at radius 3 is 2.67 bits per heavy atom. The fourth-order valence-electron chi connectivity index (χ4n) is 2.48. The van der Waals surface area contributed by atoms with E-state index in [1.807, 2.05) is 0 Å². The van der Waals surface area contributed by atoms with E-state index in [0.717, 1.165) is 30.5 Å². The fourth-order valence-corrected chi connectivity index (χ4v) is 2.48. The molecule has 1 heterocycles. The first-order valence-electron chi connectivity index (χ1n) is 7.14. The zero-order valence-electron chi connectivity index (χ0n) is 11.7. The molecule has 4 nitrogen and oxygen atoms in total. The van der Waals surface area contributed by atoms with Gasteiger partial charge in [-0.05, 0) is 32.1 Å². The van der Waals surface area contributed by atoms with Crippen molar-refractivity contribution >= 4 is 11.6 Å². The summed E-state index contributed by atoms with van der Waals surface area (Å²) in [6.45, 7) is 7.39. The van der Waals surface area contributed by atoms with Gasteiger partial charge in [0.15, 0.2) is 0 Å². The molecule has 2 atom stereocenters. The molecule has 1 fully saturated rings. The van der Waals surface area contributed by atoms with E-state index in [-0.39, 0.29) is 0 Å². The number of anilines is 2. The molecule has 100 valence electrons. The Morgan fingerprint density at radius 1 is 1.22 bits per heavy atom. The lowest BCUT2D eigenvalue weighted by molar-refractivity contribution is 0.691. The van der Waals surface area contributed by atoms with E-state index in [1.54, 1.807) is 6.33 Å². The van der Waals surface area contributed by atoms with Gasteiger partial charge >= 0.3 is 0 Å². The first-order valence-corrected chi connectivity index (χ1v) is 7.14. The number of nitrogens with zero attached hydrogens (tertiary/aromatic N) is 2. The number of hydrogen-bond donors (Lipinski definition) is 2. The Balaban J connectivity index is 2.06. The Kier molecular flexibility index (Phi) is 4.39. The Morgan fingerprint density at radius 2 is 2.00 bits per heavy atom. The average Bonchev–Trinajstić information content (AvgIpc) is 3.09. The molecule has 0 amide bonds. The fraction of sp³-hybridized carbons (Fsp3) is 0.714. The molecule has 1 aliphatic rings. The van der Waals surface area contributed by atoms with Crippen molar-refractivity contribution in [1.29, 1.82) is 0 Å². The SMILES string of the molecule is CCCC1CC1Nc1ncnc(NCC)c1CC. The number of rotatable bonds is 7. The first kappa shape index (κ1) is 13.1. The smallest absolute Gasteiger partial charge is 0.134 e. The molecule has 1 saturated carbocycles. The summed E-state index contributed by atoms with van der Waals surface area (Å²) in [7, 11) is 0. The van der Waals surface area contributed by atoms with Crippen LogP contribution in [0.15, 0.2) is 6.33 Å². The highest BCUT2D eigenvalue weighted by Crippen LogP contribution is 2.37. The van der Waals surface area contributed by atoms with Gasteiger partial charge in [0.1, 0.15) is 18.0 Å². The maximum absolute atomic E-state index is 4.40. The van der Waals surface area contributed by atoms with E-state index >= 15 is 0 Å². The average molecular weight is 248 g/mol. The quantitative estimate of drug-likeness (QED) is 0.778. The van der Waals surface area contributed by atoms with Crippen molar-refractivity contribution in [2.24, 2.45) is 5.92 Å². The number of hydrogen-bond acceptors (Lipinski definition) is 4. The Bertz CT molecular complexity index is 391. The largest absolute Gasteiger partial charge is 0.370 e. The molecule has 0 saturated heterocycles. The molecule has 2 N–H and O–H groups in total. The molecule has 2 unspecified atom stereocenters. The molecule has 1 aliphatic carbocycles. The van der Waals surface area contributed by atoms with Gasteiger partial charge in [0.25, 0.3) is 0 Å². The van der Waals surface area contributed by atoms with Crippen molar-refractivity contribution in [3.05, 3.63) is 11.9 Å². The highest BCUT2D eigenvalue weighted by atomic mass is 15.1. The molecule has 18 heavy (non-hydrogen) atoms. The second kappa shape index (κ2) is 6.03. The standard InChI is InChI=1S/C14H24N4/c1-4-7-10-8-12(10)18-14-11(5-2)13(15-6-3)16-9-17-14/h9-10,12H,4-8H2,1-3H3,(H2,15,16,17,18). The van der Waals surface area contributed by atoms with Gasteiger partial charge in [0.05, 0.1) is 0 Å². The van der Waals surface area contributed by atoms with Gasteiger partial charge in [-0.3, -0.25) is 0 Å². The summed E-state index contributed by atoms with van der Waals surface area (Å²) in [5.74, 6) is 2.84. The Labute approximate surface area is 110 Å². The van der Waals surface area contributed by atoms with E-state index in [2.05, 4.69) is 41.4 Å². The van der Waals surface area contributed by atoms with E-state index in [1.165, 1.54) is 24.8 Å². The van der Waals surface area contributed by atoms with Crippen LogP contribution in [0.4, 0.5) is 11.6 Å². The van der Waals surface area contributed by atoms with Gasteiger partial charge in [-0.2, -0.15) is 0 Å². The van der Waals surface area contributed by atoms with Crippen LogP contribution in [0.5, 0.6) is 0 Å². The van der Waals surface area contributed by atoms with Crippen molar-refractivity contribution < 1.29 is 0 Å². The lowest BCUT2D eigenvalue weighted by atomic mass is 10.2. The summed E-state index contributed by atoms with van der Waals surface area (Å²) in [5, 5.41) is 6.88. The van der Waals surface area contributed by atoms with Gasteiger partial charge in [-0.1, -0.05) is 20.3 Å². The van der Waals surface area contributed by atoms with E-state index < -0.39 is 0 Å². The summed E-state index contributed by atoms with van der Waals surface area (Å²) >= 11 is 0. The third-order valence-electron chi connectivity index (χ3n) is 3.55. The summed E-state index contributed by atoms with van der Waals surface area (Å²) < 4.78 is 0. The lowest BCUT2D eigenvalue weighted by Crippen LogP contribution is -2.12. The van der Waals surface area contributed by atoms with Crippen molar-refractivity contribution in [2.75, 3.05) is 17.2 Å². The van der Waals surface area contributed by atoms with Crippen molar-refractivity contribution in [2.45, 2.75) is 52.5 Å². The van der Waals surface area contributed by atoms with E-state index in [9.17, 15) is 0 Å². The molecule has 0 radical (unpaired) electrons. The maximum Gasteiger partial charge on any atom is 0.134 e. The summed E-state index contributed by atoms with van der Waals surface area (Å²) in [6, 6.07) is 0.625. The topological polar surface area (TPSA) is 49.8 Å². The molecule has 0 spiro atoms. The molecule has 1 aromatic heterocycles. The maximum atomic E-state index is 4.40. The van der Waals surface area contributed by atoms with Crippen molar-refractivity contribution in [3.63, 3.8) is 0 Å². The molecule has 1 aromatic rings. The minimum Gasteiger partial charge on any atom is -0.370 e. The minimum absolute atomic E-state index is 0.625. The van der Waals surface area contributed by atoms with Crippen LogP contribution in [-0.4, -0.2) is 22.6 Å². The lowest BCUT2D eigenvalue weighted by Gasteiger charge is -2.13. The highest BCUT2D eigenvalue weighted by Gasteiger charge is 2.36. The third-order valence-corrected chi connectivity index (χ3v) is 3.55. The molecule has 0 aliphatic heterocycles. The van der Waals surface area contributed by atoms with Gasteiger partial charge in [0.2, 0.25) is 0 Å². The van der Waals surface area contributed by atoms with Crippen molar-refractivity contribution in [3.8, 4) is 0 Å². The van der Waals surface area contributed by atoms with Crippen LogP contribution in [-0.2, 0) is 6.42 Å². The van der Waals surface area contributed by atoms with Crippen LogP contribution in [0, 0.1) is 5.92 Å². The van der Waals surface area contributed by atoms with Crippen LogP contribution < -0.4 is 10.6 Å². The second-order valence-corrected chi connectivity index (χ2v) is 4.97. The third kappa shape index (κ3) is 2.92. The van der Waals surface area contributed by atoms with E-state index in [0.29, 0.717) is 6.04 Å². The van der Waals surface area contributed by atoms with Crippen molar-refractivity contribution in [1.82, 2.24) is 9.97 Å². The van der Waals surface area contributed by atoms with E-state index in [4.69, 9.17) is 0 Å². The normalized spacial score (nSPS) is 21.7. The first-order chi connectivity index (χ1) is 8.80. The number of aromatic nitrogens is 2. The molecule has 0 aromatic carbocycles. The van der Waals surface area contributed by atoms with Crippen LogP contribution in [0.3, 0.4) is 0 Å². The zero-order chi connectivity index (χ0) is 13.0. The molecule has 0 bridgehead atoms. The second-order valence-electron chi connectivity index (χ2n) is 4.97. The van der Waals surface area contributed by atoms with Crippen LogP contribution >= 0.6 is 0 Å². The summed E-state index contributed by atoms with van der Waals surface area (Å²) in [6.07, 6.45) is 6.49. The highest BCUT2D eigenvalue weighted by molar-refractivity contribution is 5.58. The molecular formula is C14H24N4. The van der Waals surface area contributed by atoms with Gasteiger partial charge in [0, 0.05) is 18.2 Å². The number of nitrogens with one attached hydrogen (secondary N) is 2. The molecule has 4 heteroatoms. The molecular weight excluding hydrogens is 224 g/mol. The Hall–Kier alpha value is -1.32. The van der Waals surface area contributed by atoms with Gasteiger partial charge < -0.3 is 10.6 Å². The predicted molar refractivity (Wildman–Crippen MR) is 76.0 cm³/mol. The summed E-state index contributed by atoms with van der Waals surface area (Å²) in [4.78, 5) is 8.73.